The van der Waals surface area contributed by atoms with Crippen molar-refractivity contribution < 1.29 is 13.2 Å². The fraction of sp³-hybridized carbons (Fsp3) is 0.538. The summed E-state index contributed by atoms with van der Waals surface area (Å²) >= 11 is 3.32. The van der Waals surface area contributed by atoms with Gasteiger partial charge in [0.1, 0.15) is 10.6 Å². The molecule has 1 aliphatic rings. The normalized spacial score (nSPS) is 16.2. The fourth-order valence-electron chi connectivity index (χ4n) is 2.17. The number of ether oxygens (including phenoxy) is 1. The van der Waals surface area contributed by atoms with Crippen molar-refractivity contribution >= 4 is 26.0 Å². The lowest BCUT2D eigenvalue weighted by atomic mass is 10.2. The lowest BCUT2D eigenvalue weighted by molar-refractivity contribution is 0.241. The van der Waals surface area contributed by atoms with Gasteiger partial charge in [-0.05, 0) is 24.6 Å². The fourth-order valence-corrected chi connectivity index (χ4v) is 4.59. The first-order valence-electron chi connectivity index (χ1n) is 6.56. The Kier molecular flexibility index (Phi) is 5.06. The molecule has 0 unspecified atom stereocenters. The molecule has 0 atom stereocenters. The molecule has 2 rings (SSSR count). The molecule has 0 aromatic heterocycles. The maximum absolute atomic E-state index is 12.9. The van der Waals surface area contributed by atoms with Crippen molar-refractivity contribution in [3.05, 3.63) is 22.7 Å². The van der Waals surface area contributed by atoms with E-state index in [0.29, 0.717) is 25.4 Å². The molecule has 5 nitrogen and oxygen atoms in total. The maximum Gasteiger partial charge on any atom is 0.247 e. The van der Waals surface area contributed by atoms with Crippen LogP contribution in [-0.4, -0.2) is 45.5 Å². The Balaban J connectivity index is 2.43. The summed E-state index contributed by atoms with van der Waals surface area (Å²) in [5.41, 5.74) is 0. The van der Waals surface area contributed by atoms with Crippen molar-refractivity contribution in [1.82, 2.24) is 9.62 Å². The molecule has 0 saturated carbocycles. The largest absolute Gasteiger partial charge is 0.495 e. The molecule has 1 aromatic rings. The van der Waals surface area contributed by atoms with Crippen LogP contribution in [0, 0.1) is 0 Å². The van der Waals surface area contributed by atoms with E-state index >= 15 is 0 Å². The van der Waals surface area contributed by atoms with Gasteiger partial charge in [0.15, 0.2) is 0 Å². The zero-order chi connectivity index (χ0) is 14.8. The lowest BCUT2D eigenvalue weighted by Crippen LogP contribution is -2.58. The van der Waals surface area contributed by atoms with Crippen molar-refractivity contribution in [1.29, 1.82) is 0 Å². The number of nitrogens with one attached hydrogen (secondary N) is 1. The van der Waals surface area contributed by atoms with Crippen LogP contribution >= 0.6 is 15.9 Å². The van der Waals surface area contributed by atoms with E-state index < -0.39 is 10.0 Å². The van der Waals surface area contributed by atoms with E-state index in [-0.39, 0.29) is 10.9 Å². The van der Waals surface area contributed by atoms with Crippen LogP contribution in [-0.2, 0) is 10.0 Å². The van der Waals surface area contributed by atoms with Crippen LogP contribution in [0.5, 0.6) is 5.75 Å². The molecule has 1 aliphatic heterocycles. The number of hydrogen-bond donors (Lipinski definition) is 1. The van der Waals surface area contributed by atoms with Crippen LogP contribution in [0.4, 0.5) is 0 Å². The van der Waals surface area contributed by atoms with E-state index in [1.54, 1.807) is 22.5 Å². The average molecular weight is 363 g/mol. The topological polar surface area (TPSA) is 58.6 Å². The van der Waals surface area contributed by atoms with Crippen LogP contribution in [0.25, 0.3) is 0 Å². The summed E-state index contributed by atoms with van der Waals surface area (Å²) in [6.45, 7) is 3.90. The number of benzene rings is 1. The molecule has 0 aliphatic carbocycles. The van der Waals surface area contributed by atoms with Crippen molar-refractivity contribution in [2.24, 2.45) is 0 Å². The molecular formula is C13H19BrN2O3S. The number of nitrogens with zero attached hydrogens (tertiary/aromatic N) is 1. The summed E-state index contributed by atoms with van der Waals surface area (Å²) < 4.78 is 33.3. The number of hydrogen-bond acceptors (Lipinski definition) is 4. The van der Waals surface area contributed by atoms with Crippen LogP contribution in [0.2, 0.25) is 0 Å². The molecule has 0 bridgehead atoms. The second-order valence-corrected chi connectivity index (χ2v) is 7.50. The summed E-state index contributed by atoms with van der Waals surface area (Å²) in [5, 5.41) is 3.12. The van der Waals surface area contributed by atoms with E-state index in [9.17, 15) is 8.42 Å². The van der Waals surface area contributed by atoms with Gasteiger partial charge in [0.25, 0.3) is 0 Å². The first kappa shape index (κ1) is 15.8. The van der Waals surface area contributed by atoms with Gasteiger partial charge in [-0.2, -0.15) is 4.31 Å². The molecule has 1 aromatic carbocycles. The Morgan fingerprint density at radius 2 is 2.15 bits per heavy atom. The molecule has 112 valence electrons. The predicted octanol–water partition coefficient (Wildman–Crippen LogP) is 1.83. The van der Waals surface area contributed by atoms with E-state index in [2.05, 4.69) is 21.2 Å². The standard InChI is InChI=1S/C13H19BrN2O3S/c1-3-6-16(11-8-15-9-11)20(17,18)13-7-10(14)4-5-12(13)19-2/h4-5,7,11,15H,3,6,8-9H2,1-2H3. The van der Waals surface area contributed by atoms with Crippen LogP contribution < -0.4 is 10.1 Å². The summed E-state index contributed by atoms with van der Waals surface area (Å²) in [6.07, 6.45) is 0.784. The molecule has 0 amide bonds. The predicted molar refractivity (Wildman–Crippen MR) is 81.5 cm³/mol. The Labute approximate surface area is 128 Å². The van der Waals surface area contributed by atoms with Gasteiger partial charge in [0.2, 0.25) is 10.0 Å². The SMILES string of the molecule is CCCN(C1CNC1)S(=O)(=O)c1cc(Br)ccc1OC. The molecule has 1 N–H and O–H groups in total. The summed E-state index contributed by atoms with van der Waals surface area (Å²) in [4.78, 5) is 0.217. The van der Waals surface area contributed by atoms with E-state index in [1.807, 2.05) is 6.92 Å². The highest BCUT2D eigenvalue weighted by Gasteiger charge is 2.35. The molecule has 20 heavy (non-hydrogen) atoms. The van der Waals surface area contributed by atoms with Crippen LogP contribution in [0.15, 0.2) is 27.6 Å². The smallest absolute Gasteiger partial charge is 0.247 e. The van der Waals surface area contributed by atoms with Gasteiger partial charge in [0.05, 0.1) is 13.2 Å². The van der Waals surface area contributed by atoms with Crippen molar-refractivity contribution in [2.45, 2.75) is 24.3 Å². The highest BCUT2D eigenvalue weighted by molar-refractivity contribution is 9.10. The van der Waals surface area contributed by atoms with E-state index in [0.717, 1.165) is 10.9 Å². The van der Waals surface area contributed by atoms with Gasteiger partial charge in [-0.1, -0.05) is 22.9 Å². The van der Waals surface area contributed by atoms with Crippen molar-refractivity contribution in [3.8, 4) is 5.75 Å². The first-order valence-corrected chi connectivity index (χ1v) is 8.80. The van der Waals surface area contributed by atoms with E-state index in [4.69, 9.17) is 4.74 Å². The monoisotopic (exact) mass is 362 g/mol. The van der Waals surface area contributed by atoms with Crippen molar-refractivity contribution in [2.75, 3.05) is 26.7 Å². The maximum atomic E-state index is 12.9. The highest BCUT2D eigenvalue weighted by atomic mass is 79.9. The van der Waals surface area contributed by atoms with E-state index in [1.165, 1.54) is 7.11 Å². The van der Waals surface area contributed by atoms with Crippen molar-refractivity contribution in [3.63, 3.8) is 0 Å². The highest BCUT2D eigenvalue weighted by Crippen LogP contribution is 2.31. The summed E-state index contributed by atoms with van der Waals surface area (Å²) in [5.74, 6) is 0.376. The minimum atomic E-state index is -3.55. The molecule has 7 heteroatoms. The van der Waals surface area contributed by atoms with Gasteiger partial charge >= 0.3 is 0 Å². The lowest BCUT2D eigenvalue weighted by Gasteiger charge is -2.37. The zero-order valence-corrected chi connectivity index (χ0v) is 14.0. The number of rotatable bonds is 6. The minimum absolute atomic E-state index is 0.0311. The molecule has 1 heterocycles. The minimum Gasteiger partial charge on any atom is -0.495 e. The number of methoxy groups -OCH3 is 1. The molecular weight excluding hydrogens is 344 g/mol. The number of halogens is 1. The zero-order valence-electron chi connectivity index (χ0n) is 11.6. The molecule has 0 spiro atoms. The van der Waals surface area contributed by atoms with Gasteiger partial charge in [-0.25, -0.2) is 8.42 Å². The third-order valence-corrected chi connectivity index (χ3v) is 5.79. The van der Waals surface area contributed by atoms with Crippen LogP contribution in [0.3, 0.4) is 0 Å². The molecule has 1 fully saturated rings. The Morgan fingerprint density at radius 3 is 2.65 bits per heavy atom. The second kappa shape index (κ2) is 6.43. The summed E-state index contributed by atoms with van der Waals surface area (Å²) in [6, 6.07) is 5.07. The van der Waals surface area contributed by atoms with Gasteiger partial charge < -0.3 is 10.1 Å². The third-order valence-electron chi connectivity index (χ3n) is 3.32. The quantitative estimate of drug-likeness (QED) is 0.838. The Morgan fingerprint density at radius 1 is 1.45 bits per heavy atom. The Hall–Kier alpha value is -0.630. The molecule has 0 radical (unpaired) electrons. The van der Waals surface area contributed by atoms with Gasteiger partial charge in [0, 0.05) is 24.1 Å². The third kappa shape index (κ3) is 3.00. The first-order chi connectivity index (χ1) is 9.50. The van der Waals surface area contributed by atoms with Crippen LogP contribution in [0.1, 0.15) is 13.3 Å². The molecule has 1 saturated heterocycles. The summed E-state index contributed by atoms with van der Waals surface area (Å²) in [7, 11) is -2.07. The van der Waals surface area contributed by atoms with Gasteiger partial charge in [-0.3, -0.25) is 0 Å². The van der Waals surface area contributed by atoms with Gasteiger partial charge in [-0.15, -0.1) is 0 Å². The Bertz CT molecular complexity index is 573. The number of sulfonamides is 1. The average Bonchev–Trinajstić information content (AvgIpc) is 2.36. The second-order valence-electron chi connectivity index (χ2n) is 4.72.